The van der Waals surface area contributed by atoms with Gasteiger partial charge in [-0.2, -0.15) is 0 Å². The number of ether oxygens (including phenoxy) is 1. The van der Waals surface area contributed by atoms with E-state index in [1.165, 1.54) is 25.3 Å². The predicted molar refractivity (Wildman–Crippen MR) is 76.9 cm³/mol. The summed E-state index contributed by atoms with van der Waals surface area (Å²) in [6.07, 6.45) is -0.107. The second-order valence-electron chi connectivity index (χ2n) is 4.26. The molecule has 0 spiro atoms. The van der Waals surface area contributed by atoms with Crippen molar-refractivity contribution in [3.63, 3.8) is 0 Å². The molecule has 0 heterocycles. The molecule has 0 aliphatic carbocycles. The maximum Gasteiger partial charge on any atom is 0.169 e. The molecule has 0 aromatic heterocycles. The molecular formula is C15H13ClFNO2. The van der Waals surface area contributed by atoms with Crippen LogP contribution in [0.25, 0.3) is 0 Å². The van der Waals surface area contributed by atoms with Crippen LogP contribution in [-0.4, -0.2) is 12.9 Å². The first-order valence-electron chi connectivity index (χ1n) is 5.92. The topological polar surface area (TPSA) is 52.3 Å². The van der Waals surface area contributed by atoms with Gasteiger partial charge in [0, 0.05) is 17.0 Å². The van der Waals surface area contributed by atoms with Crippen LogP contribution < -0.4 is 10.5 Å². The van der Waals surface area contributed by atoms with Crippen molar-refractivity contribution >= 4 is 23.1 Å². The number of benzene rings is 2. The number of halogens is 2. The first kappa shape index (κ1) is 14.3. The Hall–Kier alpha value is -2.07. The van der Waals surface area contributed by atoms with Gasteiger partial charge in [0.1, 0.15) is 11.6 Å². The highest BCUT2D eigenvalue weighted by atomic mass is 35.5. The van der Waals surface area contributed by atoms with Gasteiger partial charge in [-0.3, -0.25) is 4.79 Å². The van der Waals surface area contributed by atoms with Gasteiger partial charge in [-0.05, 0) is 35.9 Å². The van der Waals surface area contributed by atoms with Crippen molar-refractivity contribution in [3.8, 4) is 5.75 Å². The van der Waals surface area contributed by atoms with Crippen molar-refractivity contribution in [2.75, 3.05) is 12.8 Å². The highest BCUT2D eigenvalue weighted by molar-refractivity contribution is 6.30. The standard InChI is InChI=1S/C15H13ClFNO2/c1-20-14-4-2-3-11(15(14)18)13(19)8-9-7-10(16)5-6-12(9)17/h2-7H,8,18H2,1H3. The van der Waals surface area contributed by atoms with Crippen molar-refractivity contribution in [1.82, 2.24) is 0 Å². The molecule has 0 atom stereocenters. The second kappa shape index (κ2) is 5.92. The maximum atomic E-state index is 13.6. The van der Waals surface area contributed by atoms with Gasteiger partial charge < -0.3 is 10.5 Å². The molecule has 0 saturated carbocycles. The number of para-hydroxylation sites is 1. The van der Waals surface area contributed by atoms with E-state index >= 15 is 0 Å². The molecule has 0 unspecified atom stereocenters. The summed E-state index contributed by atoms with van der Waals surface area (Å²) in [7, 11) is 1.47. The Labute approximate surface area is 121 Å². The summed E-state index contributed by atoms with van der Waals surface area (Å²) in [5, 5.41) is 0.382. The normalized spacial score (nSPS) is 10.3. The summed E-state index contributed by atoms with van der Waals surface area (Å²) < 4.78 is 18.7. The van der Waals surface area contributed by atoms with Crippen LogP contribution in [0.4, 0.5) is 10.1 Å². The van der Waals surface area contributed by atoms with E-state index in [1.54, 1.807) is 18.2 Å². The monoisotopic (exact) mass is 293 g/mol. The van der Waals surface area contributed by atoms with Crippen molar-refractivity contribution in [2.24, 2.45) is 0 Å². The average Bonchev–Trinajstić information content (AvgIpc) is 2.43. The molecule has 20 heavy (non-hydrogen) atoms. The van der Waals surface area contributed by atoms with E-state index in [1.807, 2.05) is 0 Å². The van der Waals surface area contributed by atoms with Gasteiger partial charge in [-0.25, -0.2) is 4.39 Å². The molecule has 0 fully saturated rings. The van der Waals surface area contributed by atoms with Gasteiger partial charge in [-0.15, -0.1) is 0 Å². The van der Waals surface area contributed by atoms with Gasteiger partial charge in [0.15, 0.2) is 5.78 Å². The molecule has 5 heteroatoms. The number of nitrogens with two attached hydrogens (primary N) is 1. The van der Waals surface area contributed by atoms with Crippen LogP contribution in [0.2, 0.25) is 5.02 Å². The lowest BCUT2D eigenvalue weighted by atomic mass is 10.0. The molecule has 0 bridgehead atoms. The van der Waals surface area contributed by atoms with Crippen molar-refractivity contribution in [2.45, 2.75) is 6.42 Å². The number of Topliss-reactive ketones (excluding diaryl/α,β-unsaturated/α-hetero) is 1. The zero-order valence-corrected chi connectivity index (χ0v) is 11.6. The van der Waals surface area contributed by atoms with Crippen molar-refractivity contribution < 1.29 is 13.9 Å². The average molecular weight is 294 g/mol. The van der Waals surface area contributed by atoms with Crippen LogP contribution in [0.1, 0.15) is 15.9 Å². The lowest BCUT2D eigenvalue weighted by molar-refractivity contribution is 0.0992. The summed E-state index contributed by atoms with van der Waals surface area (Å²) in [6, 6.07) is 9.02. The van der Waals surface area contributed by atoms with Gasteiger partial charge in [0.05, 0.1) is 12.8 Å². The quantitative estimate of drug-likeness (QED) is 0.693. The fourth-order valence-corrected chi connectivity index (χ4v) is 2.11. The summed E-state index contributed by atoms with van der Waals surface area (Å²) >= 11 is 5.80. The zero-order valence-electron chi connectivity index (χ0n) is 10.8. The number of carbonyl (C=O) groups excluding carboxylic acids is 1. The number of rotatable bonds is 4. The van der Waals surface area contributed by atoms with Gasteiger partial charge in [0.2, 0.25) is 0 Å². The number of methoxy groups -OCH3 is 1. The third kappa shape index (κ3) is 2.91. The number of nitrogen functional groups attached to an aromatic ring is 1. The number of ketones is 1. The number of hydrogen-bond acceptors (Lipinski definition) is 3. The first-order valence-corrected chi connectivity index (χ1v) is 6.30. The van der Waals surface area contributed by atoms with E-state index in [2.05, 4.69) is 0 Å². The van der Waals surface area contributed by atoms with Gasteiger partial charge in [0.25, 0.3) is 0 Å². The Morgan fingerprint density at radius 1 is 1.35 bits per heavy atom. The lowest BCUT2D eigenvalue weighted by Gasteiger charge is -2.09. The van der Waals surface area contributed by atoms with Crippen LogP contribution in [0.3, 0.4) is 0 Å². The molecular weight excluding hydrogens is 281 g/mol. The molecule has 2 aromatic rings. The number of anilines is 1. The minimum absolute atomic E-state index is 0.107. The van der Waals surface area contributed by atoms with E-state index in [9.17, 15) is 9.18 Å². The van der Waals surface area contributed by atoms with Gasteiger partial charge in [-0.1, -0.05) is 17.7 Å². The van der Waals surface area contributed by atoms with E-state index in [0.29, 0.717) is 16.3 Å². The van der Waals surface area contributed by atoms with Crippen LogP contribution >= 0.6 is 11.6 Å². The SMILES string of the molecule is COc1cccc(C(=O)Cc2cc(Cl)ccc2F)c1N. The minimum atomic E-state index is -0.468. The number of hydrogen-bond donors (Lipinski definition) is 1. The van der Waals surface area contributed by atoms with E-state index in [0.717, 1.165) is 0 Å². The molecule has 0 aliphatic heterocycles. The molecule has 2 aromatic carbocycles. The molecule has 0 aliphatic rings. The molecule has 0 saturated heterocycles. The second-order valence-corrected chi connectivity index (χ2v) is 4.69. The molecule has 3 nitrogen and oxygen atoms in total. The molecule has 0 amide bonds. The fourth-order valence-electron chi connectivity index (χ4n) is 1.91. The van der Waals surface area contributed by atoms with E-state index < -0.39 is 5.82 Å². The Balaban J connectivity index is 2.31. The third-order valence-electron chi connectivity index (χ3n) is 2.95. The summed E-state index contributed by atoms with van der Waals surface area (Å²) in [4.78, 5) is 12.2. The predicted octanol–water partition coefficient (Wildman–Crippen LogP) is 3.50. The minimum Gasteiger partial charge on any atom is -0.495 e. The molecule has 104 valence electrons. The van der Waals surface area contributed by atoms with Gasteiger partial charge >= 0.3 is 0 Å². The highest BCUT2D eigenvalue weighted by Crippen LogP contribution is 2.26. The van der Waals surface area contributed by atoms with Crippen LogP contribution in [0.15, 0.2) is 36.4 Å². The third-order valence-corrected chi connectivity index (χ3v) is 3.18. The highest BCUT2D eigenvalue weighted by Gasteiger charge is 2.15. The molecule has 0 radical (unpaired) electrons. The smallest absolute Gasteiger partial charge is 0.169 e. The fraction of sp³-hybridized carbons (Fsp3) is 0.133. The summed E-state index contributed by atoms with van der Waals surface area (Å²) in [5.41, 5.74) is 6.65. The Morgan fingerprint density at radius 3 is 2.80 bits per heavy atom. The summed E-state index contributed by atoms with van der Waals surface area (Å²) in [5.74, 6) is -0.339. The number of carbonyl (C=O) groups is 1. The molecule has 2 rings (SSSR count). The summed E-state index contributed by atoms with van der Waals surface area (Å²) in [6.45, 7) is 0. The van der Waals surface area contributed by atoms with E-state index in [-0.39, 0.29) is 23.5 Å². The lowest BCUT2D eigenvalue weighted by Crippen LogP contribution is -2.09. The van der Waals surface area contributed by atoms with Crippen LogP contribution in [0, 0.1) is 5.82 Å². The van der Waals surface area contributed by atoms with Crippen molar-refractivity contribution in [3.05, 3.63) is 58.4 Å². The van der Waals surface area contributed by atoms with Crippen molar-refractivity contribution in [1.29, 1.82) is 0 Å². The zero-order chi connectivity index (χ0) is 14.7. The first-order chi connectivity index (χ1) is 9.52. The van der Waals surface area contributed by atoms with Crippen LogP contribution in [0.5, 0.6) is 5.75 Å². The van der Waals surface area contributed by atoms with E-state index in [4.69, 9.17) is 22.1 Å². The Kier molecular flexibility index (Phi) is 4.25. The Bertz CT molecular complexity index is 658. The largest absolute Gasteiger partial charge is 0.495 e. The van der Waals surface area contributed by atoms with Crippen LogP contribution in [-0.2, 0) is 6.42 Å². The maximum absolute atomic E-state index is 13.6. The Morgan fingerprint density at radius 2 is 2.10 bits per heavy atom. The molecule has 2 N–H and O–H groups in total.